The molecule has 1 atom stereocenters. The molecule has 5 heteroatoms. The minimum Gasteiger partial charge on any atom is -0.374 e. The Balaban J connectivity index is 1.93. The zero-order chi connectivity index (χ0) is 13.3. The van der Waals surface area contributed by atoms with Gasteiger partial charge < -0.3 is 15.0 Å². The Labute approximate surface area is 108 Å². The van der Waals surface area contributed by atoms with Gasteiger partial charge in [0.05, 0.1) is 18.8 Å². The fourth-order valence-electron chi connectivity index (χ4n) is 2.26. The van der Waals surface area contributed by atoms with Gasteiger partial charge in [0.1, 0.15) is 6.04 Å². The maximum Gasteiger partial charge on any atom is 0.243 e. The third kappa shape index (κ3) is 3.22. The van der Waals surface area contributed by atoms with E-state index in [1.807, 2.05) is 20.8 Å². The molecule has 18 heavy (non-hydrogen) atoms. The number of carbonyl (C=O) groups excluding carboxylic acids is 2. The molecule has 1 unspecified atom stereocenters. The van der Waals surface area contributed by atoms with E-state index >= 15 is 0 Å². The van der Waals surface area contributed by atoms with Gasteiger partial charge in [-0.25, -0.2) is 0 Å². The van der Waals surface area contributed by atoms with Crippen molar-refractivity contribution in [3.8, 4) is 0 Å². The Morgan fingerprint density at radius 2 is 2.00 bits per heavy atom. The lowest BCUT2D eigenvalue weighted by Crippen LogP contribution is -2.60. The Bertz CT molecular complexity index is 345. The van der Waals surface area contributed by atoms with Crippen LogP contribution < -0.4 is 5.32 Å². The summed E-state index contributed by atoms with van der Waals surface area (Å²) in [5, 5.41) is 2.67. The first-order valence-electron chi connectivity index (χ1n) is 6.59. The van der Waals surface area contributed by atoms with Gasteiger partial charge in [-0.15, -0.1) is 0 Å². The largest absolute Gasteiger partial charge is 0.374 e. The lowest BCUT2D eigenvalue weighted by molar-refractivity contribution is -0.148. The first kappa shape index (κ1) is 13.3. The van der Waals surface area contributed by atoms with Crippen molar-refractivity contribution >= 4 is 11.8 Å². The van der Waals surface area contributed by atoms with Gasteiger partial charge in [-0.3, -0.25) is 9.59 Å². The predicted octanol–water partition coefficient (Wildman–Crippen LogP) is 0.539. The summed E-state index contributed by atoms with van der Waals surface area (Å²) in [6.45, 7) is 7.05. The van der Waals surface area contributed by atoms with E-state index in [9.17, 15) is 9.59 Å². The van der Waals surface area contributed by atoms with Gasteiger partial charge in [-0.2, -0.15) is 0 Å². The zero-order valence-electron chi connectivity index (χ0n) is 11.4. The van der Waals surface area contributed by atoms with Crippen molar-refractivity contribution in [1.29, 1.82) is 0 Å². The van der Waals surface area contributed by atoms with Crippen LogP contribution in [0.3, 0.4) is 0 Å². The fourth-order valence-corrected chi connectivity index (χ4v) is 2.26. The quantitative estimate of drug-likeness (QED) is 0.796. The smallest absolute Gasteiger partial charge is 0.243 e. The van der Waals surface area contributed by atoms with Crippen LogP contribution in [0.1, 0.15) is 33.6 Å². The van der Waals surface area contributed by atoms with Crippen LogP contribution in [0.25, 0.3) is 0 Å². The van der Waals surface area contributed by atoms with Crippen LogP contribution in [0.4, 0.5) is 0 Å². The number of rotatable bonds is 4. The van der Waals surface area contributed by atoms with Crippen molar-refractivity contribution in [2.45, 2.75) is 45.3 Å². The maximum atomic E-state index is 11.9. The third-order valence-electron chi connectivity index (χ3n) is 3.27. The highest BCUT2D eigenvalue weighted by molar-refractivity contribution is 5.95. The van der Waals surface area contributed by atoms with Crippen LogP contribution >= 0.6 is 0 Å². The van der Waals surface area contributed by atoms with Gasteiger partial charge >= 0.3 is 0 Å². The van der Waals surface area contributed by atoms with Crippen molar-refractivity contribution < 1.29 is 14.3 Å². The maximum absolute atomic E-state index is 11.9. The van der Waals surface area contributed by atoms with Crippen LogP contribution in [0.2, 0.25) is 0 Å². The van der Waals surface area contributed by atoms with E-state index in [1.54, 1.807) is 4.90 Å². The summed E-state index contributed by atoms with van der Waals surface area (Å²) in [6, 6.07) is -0.269. The van der Waals surface area contributed by atoms with E-state index in [1.165, 1.54) is 0 Å². The third-order valence-corrected chi connectivity index (χ3v) is 3.27. The van der Waals surface area contributed by atoms with Gasteiger partial charge in [0.2, 0.25) is 11.8 Å². The molecule has 1 heterocycles. The highest BCUT2D eigenvalue weighted by Gasteiger charge is 2.44. The lowest BCUT2D eigenvalue weighted by atomic mass is 10.1. The first-order valence-corrected chi connectivity index (χ1v) is 6.59. The van der Waals surface area contributed by atoms with Gasteiger partial charge in [0.25, 0.3) is 0 Å². The van der Waals surface area contributed by atoms with Gasteiger partial charge in [-0.1, -0.05) is 0 Å². The van der Waals surface area contributed by atoms with Crippen molar-refractivity contribution in [3.05, 3.63) is 0 Å². The second-order valence-corrected chi connectivity index (χ2v) is 6.05. The second-order valence-electron chi connectivity index (χ2n) is 6.05. The van der Waals surface area contributed by atoms with Crippen LogP contribution in [-0.4, -0.2) is 48.1 Å². The average Bonchev–Trinajstić information content (AvgIpc) is 3.05. The summed E-state index contributed by atoms with van der Waals surface area (Å²) < 4.78 is 5.64. The molecule has 2 fully saturated rings. The summed E-state index contributed by atoms with van der Waals surface area (Å²) in [7, 11) is 0. The first-order chi connectivity index (χ1) is 8.38. The minimum atomic E-state index is -0.269. The van der Waals surface area contributed by atoms with Crippen molar-refractivity contribution in [2.75, 3.05) is 19.7 Å². The average molecular weight is 254 g/mol. The number of piperazine rings is 1. The monoisotopic (exact) mass is 254 g/mol. The summed E-state index contributed by atoms with van der Waals surface area (Å²) in [4.78, 5) is 25.4. The van der Waals surface area contributed by atoms with Crippen LogP contribution in [-0.2, 0) is 14.3 Å². The highest BCUT2D eigenvalue weighted by Crippen LogP contribution is 2.36. The number of ether oxygens (including phenoxy) is 1. The normalized spacial score (nSPS) is 25.3. The number of nitrogens with one attached hydrogen (secondary N) is 1. The lowest BCUT2D eigenvalue weighted by Gasteiger charge is -2.35. The van der Waals surface area contributed by atoms with E-state index in [0.29, 0.717) is 19.1 Å². The fraction of sp³-hybridized carbons (Fsp3) is 0.846. The van der Waals surface area contributed by atoms with E-state index in [0.717, 1.165) is 12.8 Å². The molecular weight excluding hydrogens is 232 g/mol. The van der Waals surface area contributed by atoms with E-state index < -0.39 is 0 Å². The second kappa shape index (κ2) is 4.88. The SMILES string of the molecule is CC(C)(C)OCCN1C(=O)CNC(=O)C1C1CC1. The van der Waals surface area contributed by atoms with Crippen LogP contribution in [0.5, 0.6) is 0 Å². The molecule has 102 valence electrons. The molecule has 5 nitrogen and oxygen atoms in total. The number of carbonyl (C=O) groups is 2. The molecular formula is C13H22N2O3. The Morgan fingerprint density at radius 3 is 2.56 bits per heavy atom. The number of hydrogen-bond acceptors (Lipinski definition) is 3. The molecule has 1 aliphatic carbocycles. The topological polar surface area (TPSA) is 58.6 Å². The van der Waals surface area contributed by atoms with E-state index in [4.69, 9.17) is 4.74 Å². The molecule has 1 saturated heterocycles. The van der Waals surface area contributed by atoms with Crippen LogP contribution in [0, 0.1) is 5.92 Å². The Kier molecular flexibility index (Phi) is 3.61. The van der Waals surface area contributed by atoms with Crippen molar-refractivity contribution in [1.82, 2.24) is 10.2 Å². The number of hydrogen-bond donors (Lipinski definition) is 1. The molecule has 2 amide bonds. The van der Waals surface area contributed by atoms with Gasteiger partial charge in [0.15, 0.2) is 0 Å². The van der Waals surface area contributed by atoms with Crippen molar-refractivity contribution in [3.63, 3.8) is 0 Å². The molecule has 0 aromatic rings. The Morgan fingerprint density at radius 1 is 1.33 bits per heavy atom. The molecule has 0 spiro atoms. The minimum absolute atomic E-state index is 0.00371. The summed E-state index contributed by atoms with van der Waals surface area (Å²) in [5.41, 5.74) is -0.212. The highest BCUT2D eigenvalue weighted by atomic mass is 16.5. The van der Waals surface area contributed by atoms with E-state index in [-0.39, 0.29) is 30.0 Å². The molecule has 0 aromatic carbocycles. The molecule has 2 aliphatic rings. The van der Waals surface area contributed by atoms with Crippen molar-refractivity contribution in [2.24, 2.45) is 5.92 Å². The molecule has 0 radical (unpaired) electrons. The molecule has 0 aromatic heterocycles. The molecule has 2 rings (SSSR count). The predicted molar refractivity (Wildman–Crippen MR) is 66.9 cm³/mol. The standard InChI is InChI=1S/C13H22N2O3/c1-13(2,3)18-7-6-15-10(16)8-14-12(17)11(15)9-4-5-9/h9,11H,4-8H2,1-3H3,(H,14,17). The summed E-state index contributed by atoms with van der Waals surface area (Å²) in [6.07, 6.45) is 2.09. The van der Waals surface area contributed by atoms with Gasteiger partial charge in [0, 0.05) is 6.54 Å². The number of amides is 2. The zero-order valence-corrected chi connectivity index (χ0v) is 11.4. The van der Waals surface area contributed by atoms with Gasteiger partial charge in [-0.05, 0) is 39.5 Å². The number of nitrogens with zero attached hydrogens (tertiary/aromatic N) is 1. The summed E-state index contributed by atoms with van der Waals surface area (Å²) in [5.74, 6) is 0.348. The summed E-state index contributed by atoms with van der Waals surface area (Å²) >= 11 is 0. The molecule has 1 saturated carbocycles. The van der Waals surface area contributed by atoms with Crippen LogP contribution in [0.15, 0.2) is 0 Å². The van der Waals surface area contributed by atoms with E-state index in [2.05, 4.69) is 5.32 Å². The molecule has 1 N–H and O–H groups in total. The molecule has 0 bridgehead atoms. The Hall–Kier alpha value is -1.10. The molecule has 1 aliphatic heterocycles.